The predicted octanol–water partition coefficient (Wildman–Crippen LogP) is -1.75. The number of phosphoric ester groups is 1. The van der Waals surface area contributed by atoms with Gasteiger partial charge < -0.3 is 35.4 Å². The normalized spacial score (nSPS) is 28.5. The van der Waals surface area contributed by atoms with Crippen molar-refractivity contribution in [3.8, 4) is 0 Å². The Morgan fingerprint density at radius 2 is 1.89 bits per heavy atom. The maximum Gasteiger partial charge on any atom is 0.481 e. The summed E-state index contributed by atoms with van der Waals surface area (Å²) in [6, 6.07) is 0. The van der Waals surface area contributed by atoms with Crippen LogP contribution in [-0.4, -0.2) is 69.3 Å². The van der Waals surface area contributed by atoms with Crippen molar-refractivity contribution in [2.75, 3.05) is 12.3 Å². The van der Waals surface area contributed by atoms with E-state index in [-0.39, 0.29) is 17.0 Å². The number of nitrogens with two attached hydrogens (primary N) is 1. The zero-order chi connectivity index (χ0) is 20.0. The Balaban J connectivity index is 1.75. The van der Waals surface area contributed by atoms with Gasteiger partial charge in [-0.15, -0.1) is 0 Å². The van der Waals surface area contributed by atoms with Gasteiger partial charge in [-0.1, -0.05) is 0 Å². The number of rotatable bonds is 6. The molecule has 0 amide bonds. The Morgan fingerprint density at radius 1 is 1.19 bits per heavy atom. The lowest BCUT2D eigenvalue weighted by atomic mass is 10.1. The summed E-state index contributed by atoms with van der Waals surface area (Å²) in [5.74, 6) is 0.0856. The van der Waals surface area contributed by atoms with Crippen molar-refractivity contribution >= 4 is 32.6 Å². The molecule has 0 bridgehead atoms. The van der Waals surface area contributed by atoms with E-state index in [0.29, 0.717) is 0 Å². The Hall–Kier alpha value is -1.51. The highest BCUT2D eigenvalue weighted by Crippen LogP contribution is 2.57. The van der Waals surface area contributed by atoms with Crippen LogP contribution < -0.4 is 5.73 Å². The summed E-state index contributed by atoms with van der Waals surface area (Å²) >= 11 is 0. The number of aliphatic hydroxyl groups is 2. The molecule has 2 aromatic heterocycles. The second kappa shape index (κ2) is 7.14. The number of hydrogen-bond donors (Lipinski definition) is 6. The van der Waals surface area contributed by atoms with Gasteiger partial charge in [0.05, 0.1) is 12.9 Å². The molecule has 7 N–H and O–H groups in total. The average molecular weight is 428 g/mol. The minimum Gasteiger partial charge on any atom is -0.387 e. The number of imidazole rings is 1. The van der Waals surface area contributed by atoms with Gasteiger partial charge >= 0.3 is 15.6 Å². The Labute approximate surface area is 150 Å². The minimum atomic E-state index is -5.29. The van der Waals surface area contributed by atoms with E-state index in [1.807, 2.05) is 0 Å². The molecule has 1 aliphatic rings. The summed E-state index contributed by atoms with van der Waals surface area (Å²) < 4.78 is 36.8. The van der Waals surface area contributed by atoms with Crippen LogP contribution in [0, 0.1) is 0 Å². The molecule has 1 saturated heterocycles. The highest BCUT2D eigenvalue weighted by molar-refractivity contribution is 7.60. The number of nitrogen functional groups attached to an aromatic ring is 1. The van der Waals surface area contributed by atoms with Gasteiger partial charge in [0.15, 0.2) is 17.7 Å². The molecule has 1 fully saturated rings. The molecule has 27 heavy (non-hydrogen) atoms. The van der Waals surface area contributed by atoms with Gasteiger partial charge in [-0.3, -0.25) is 9.09 Å². The fourth-order valence-electron chi connectivity index (χ4n) is 2.48. The van der Waals surface area contributed by atoms with Gasteiger partial charge in [0, 0.05) is 0 Å². The van der Waals surface area contributed by atoms with Gasteiger partial charge in [-0.2, -0.15) is 4.31 Å². The Kier molecular flexibility index (Phi) is 5.35. The van der Waals surface area contributed by atoms with Crippen molar-refractivity contribution in [3.05, 3.63) is 12.7 Å². The minimum absolute atomic E-state index is 0.0856. The lowest BCUT2D eigenvalue weighted by molar-refractivity contribution is -0.0503. The summed E-state index contributed by atoms with van der Waals surface area (Å²) in [5, 5.41) is 20.3. The molecule has 0 aromatic carbocycles. The number of hydrogen-bond acceptors (Lipinski definition) is 11. The molecule has 5 atom stereocenters. The van der Waals surface area contributed by atoms with E-state index in [4.69, 9.17) is 20.3 Å². The molecule has 0 saturated carbocycles. The smallest absolute Gasteiger partial charge is 0.387 e. The van der Waals surface area contributed by atoms with Gasteiger partial charge in [-0.25, -0.2) is 24.1 Å². The molecule has 3 rings (SSSR count). The van der Waals surface area contributed by atoms with Crippen LogP contribution in [0.4, 0.5) is 5.82 Å². The largest absolute Gasteiger partial charge is 0.481 e. The molecule has 2 aromatic rings. The molecule has 150 valence electrons. The second-order valence-corrected chi connectivity index (χ2v) is 8.30. The molecular weight excluding hydrogens is 413 g/mol. The quantitative estimate of drug-likeness (QED) is 0.280. The lowest BCUT2D eigenvalue weighted by Gasteiger charge is -2.17. The molecule has 1 unspecified atom stereocenters. The third-order valence-corrected chi connectivity index (χ3v) is 5.76. The van der Waals surface area contributed by atoms with E-state index >= 15 is 0 Å². The van der Waals surface area contributed by atoms with E-state index in [2.05, 4.69) is 23.8 Å². The fourth-order valence-corrected chi connectivity index (χ4v) is 4.08. The number of aromatic nitrogens is 4. The van der Waals surface area contributed by atoms with Gasteiger partial charge in [0.25, 0.3) is 0 Å². The van der Waals surface area contributed by atoms with Crippen LogP contribution in [0.25, 0.3) is 11.2 Å². The van der Waals surface area contributed by atoms with E-state index in [1.165, 1.54) is 10.9 Å². The number of fused-ring (bicyclic) bond motifs is 1. The van der Waals surface area contributed by atoms with Crippen LogP contribution in [0.2, 0.25) is 0 Å². The third kappa shape index (κ3) is 4.33. The first-order chi connectivity index (χ1) is 12.5. The number of anilines is 1. The number of phosphoric acid groups is 2. The van der Waals surface area contributed by atoms with Crippen LogP contribution in [0.15, 0.2) is 12.7 Å². The maximum absolute atomic E-state index is 11.5. The number of ether oxygens (including phenoxy) is 1. The molecule has 0 radical (unpaired) electrons. The van der Waals surface area contributed by atoms with E-state index < -0.39 is 46.8 Å². The first kappa shape index (κ1) is 20.2. The van der Waals surface area contributed by atoms with Gasteiger partial charge in [0.2, 0.25) is 0 Å². The van der Waals surface area contributed by atoms with E-state index in [1.54, 1.807) is 0 Å². The summed E-state index contributed by atoms with van der Waals surface area (Å²) in [7, 11) is -10.4. The zero-order valence-electron chi connectivity index (χ0n) is 13.2. The summed E-state index contributed by atoms with van der Waals surface area (Å²) in [6.45, 7) is -0.813. The van der Waals surface area contributed by atoms with Crippen molar-refractivity contribution in [2.45, 2.75) is 24.5 Å². The molecule has 17 heteroatoms. The first-order valence-corrected chi connectivity index (χ1v) is 10.2. The first-order valence-electron chi connectivity index (χ1n) is 7.17. The molecular formula is C10H15N5O10P2. The monoisotopic (exact) mass is 428 g/mol. The third-order valence-electron chi connectivity index (χ3n) is 3.61. The highest BCUT2D eigenvalue weighted by atomic mass is 32.2. The van der Waals surface area contributed by atoms with Gasteiger partial charge in [-0.05, 0) is 0 Å². The summed E-state index contributed by atoms with van der Waals surface area (Å²) in [5.41, 5.74) is 6.11. The number of nitrogens with zero attached hydrogens (tertiary/aromatic N) is 4. The van der Waals surface area contributed by atoms with E-state index in [9.17, 15) is 24.2 Å². The summed E-state index contributed by atoms with van der Waals surface area (Å²) in [4.78, 5) is 38.1. The fraction of sp³-hybridized carbons (Fsp3) is 0.500. The SMILES string of the molecule is Nc1ncnc2c1ncn2[C@@H]1O[C@H](CO[32P](=O)(O)OP(=O)(O)O)[C@@H](O)[C@H]1O. The predicted molar refractivity (Wildman–Crippen MR) is 84.6 cm³/mol. The van der Waals surface area contributed by atoms with Crippen LogP contribution in [0.3, 0.4) is 0 Å². The van der Waals surface area contributed by atoms with Crippen molar-refractivity contribution in [3.63, 3.8) is 0 Å². The van der Waals surface area contributed by atoms with Crippen LogP contribution >= 0.6 is 15.6 Å². The topological polar surface area (TPSA) is 233 Å². The zero-order valence-corrected chi connectivity index (χ0v) is 15.0. The molecule has 0 spiro atoms. The number of aliphatic hydroxyl groups excluding tert-OH is 2. The Bertz CT molecular complexity index is 932. The standard InChI is InChI=1S/C10H15N5O10P2/c11-8-5-9(13-2-12-8)15(3-14-5)10-7(17)6(16)4(24-10)1-23-27(21,22)25-26(18,19)20/h2-4,6-7,10,16-17H,1H2,(H,21,22)(H2,11,12,13)(H2,18,19,20)/t4-,6-,7-,10-/m1/s1/i27+1. The summed E-state index contributed by atoms with van der Waals surface area (Å²) in [6.07, 6.45) is -3.20. The van der Waals surface area contributed by atoms with Crippen molar-refractivity contribution < 1.29 is 47.6 Å². The molecule has 1 aliphatic heterocycles. The molecule has 15 nitrogen and oxygen atoms in total. The van der Waals surface area contributed by atoms with Crippen LogP contribution in [0.5, 0.6) is 0 Å². The van der Waals surface area contributed by atoms with Crippen molar-refractivity contribution in [1.82, 2.24) is 19.5 Å². The Morgan fingerprint density at radius 3 is 2.56 bits per heavy atom. The second-order valence-electron chi connectivity index (χ2n) is 5.47. The maximum atomic E-state index is 11.5. The molecule has 0 aliphatic carbocycles. The van der Waals surface area contributed by atoms with Crippen molar-refractivity contribution in [2.24, 2.45) is 0 Å². The van der Waals surface area contributed by atoms with E-state index in [0.717, 1.165) is 6.33 Å². The molecule has 3 heterocycles. The lowest BCUT2D eigenvalue weighted by Crippen LogP contribution is -2.33. The van der Waals surface area contributed by atoms with Crippen molar-refractivity contribution in [1.29, 1.82) is 0 Å². The highest BCUT2D eigenvalue weighted by Gasteiger charge is 2.46. The average Bonchev–Trinajstić information content (AvgIpc) is 3.07. The van der Waals surface area contributed by atoms with Crippen LogP contribution in [-0.2, 0) is 22.7 Å². The van der Waals surface area contributed by atoms with Crippen LogP contribution in [0.1, 0.15) is 6.23 Å². The van der Waals surface area contributed by atoms with Gasteiger partial charge in [0.1, 0.15) is 30.2 Å².